The van der Waals surface area contributed by atoms with Gasteiger partial charge in [-0.2, -0.15) is 0 Å². The molecule has 0 saturated heterocycles. The highest BCUT2D eigenvalue weighted by atomic mass is 16.5. The summed E-state index contributed by atoms with van der Waals surface area (Å²) in [5.41, 5.74) is 2.19. The summed E-state index contributed by atoms with van der Waals surface area (Å²) in [6.45, 7) is 7.54. The molecule has 106 valence electrons. The molecule has 1 aromatic carbocycles. The molecular formula is C15H23NO3. The van der Waals surface area contributed by atoms with Crippen molar-refractivity contribution in [1.82, 2.24) is 5.32 Å². The minimum atomic E-state index is -0.421. The zero-order valence-corrected chi connectivity index (χ0v) is 12.1. The maximum absolute atomic E-state index is 11.7. The van der Waals surface area contributed by atoms with Crippen LogP contribution in [0, 0.1) is 13.8 Å². The van der Waals surface area contributed by atoms with E-state index < -0.39 is 6.10 Å². The first-order valence-electron chi connectivity index (χ1n) is 6.56. The molecule has 0 spiro atoms. The summed E-state index contributed by atoms with van der Waals surface area (Å²) in [4.78, 5) is 11.7. The van der Waals surface area contributed by atoms with Crippen molar-refractivity contribution in [2.24, 2.45) is 0 Å². The number of benzene rings is 1. The third-order valence-electron chi connectivity index (χ3n) is 3.02. The molecule has 1 amide bonds. The minimum absolute atomic E-state index is 0.00551. The fourth-order valence-electron chi connectivity index (χ4n) is 1.91. The second kappa shape index (κ2) is 7.14. The average Bonchev–Trinajstić information content (AvgIpc) is 2.30. The van der Waals surface area contributed by atoms with E-state index in [0.717, 1.165) is 16.9 Å². The van der Waals surface area contributed by atoms with E-state index in [1.807, 2.05) is 39.0 Å². The van der Waals surface area contributed by atoms with Gasteiger partial charge in [0, 0.05) is 6.04 Å². The predicted octanol–water partition coefficient (Wildman–Crippen LogP) is 1.96. The third kappa shape index (κ3) is 5.30. The van der Waals surface area contributed by atoms with E-state index in [-0.39, 0.29) is 18.6 Å². The molecule has 19 heavy (non-hydrogen) atoms. The van der Waals surface area contributed by atoms with Gasteiger partial charge in [0.2, 0.25) is 0 Å². The number of rotatable bonds is 6. The summed E-state index contributed by atoms with van der Waals surface area (Å²) in [5, 5.41) is 12.0. The van der Waals surface area contributed by atoms with Crippen LogP contribution in [0.3, 0.4) is 0 Å². The van der Waals surface area contributed by atoms with Gasteiger partial charge >= 0.3 is 0 Å². The summed E-state index contributed by atoms with van der Waals surface area (Å²) >= 11 is 0. The van der Waals surface area contributed by atoms with Gasteiger partial charge in [-0.3, -0.25) is 4.79 Å². The highest BCUT2D eigenvalue weighted by Gasteiger charge is 2.11. The van der Waals surface area contributed by atoms with Crippen LogP contribution in [0.1, 0.15) is 31.4 Å². The van der Waals surface area contributed by atoms with Crippen LogP contribution in [0.5, 0.6) is 5.75 Å². The first-order valence-corrected chi connectivity index (χ1v) is 6.56. The molecule has 0 aliphatic heterocycles. The number of hydrogen-bond acceptors (Lipinski definition) is 3. The van der Waals surface area contributed by atoms with Crippen LogP contribution in [0.25, 0.3) is 0 Å². The molecule has 0 fully saturated rings. The molecule has 0 saturated carbocycles. The lowest BCUT2D eigenvalue weighted by Gasteiger charge is -2.16. The van der Waals surface area contributed by atoms with Crippen molar-refractivity contribution in [3.8, 4) is 5.75 Å². The molecule has 0 aromatic heterocycles. The van der Waals surface area contributed by atoms with Gasteiger partial charge in [-0.1, -0.05) is 12.1 Å². The van der Waals surface area contributed by atoms with Crippen LogP contribution in [0.15, 0.2) is 18.2 Å². The Morgan fingerprint density at radius 2 is 2.05 bits per heavy atom. The van der Waals surface area contributed by atoms with Crippen LogP contribution < -0.4 is 10.1 Å². The summed E-state index contributed by atoms with van der Waals surface area (Å²) in [6, 6.07) is 5.71. The van der Waals surface area contributed by atoms with Gasteiger partial charge in [-0.15, -0.1) is 0 Å². The quantitative estimate of drug-likeness (QED) is 0.826. The van der Waals surface area contributed by atoms with Gasteiger partial charge in [0.1, 0.15) is 5.75 Å². The van der Waals surface area contributed by atoms with Gasteiger partial charge in [0.05, 0.1) is 6.10 Å². The fourth-order valence-corrected chi connectivity index (χ4v) is 1.91. The summed E-state index contributed by atoms with van der Waals surface area (Å²) in [7, 11) is 0. The molecule has 4 heteroatoms. The van der Waals surface area contributed by atoms with Crippen molar-refractivity contribution in [1.29, 1.82) is 0 Å². The number of amides is 1. The van der Waals surface area contributed by atoms with E-state index in [4.69, 9.17) is 4.74 Å². The molecule has 1 rings (SSSR count). The molecular weight excluding hydrogens is 242 g/mol. The zero-order chi connectivity index (χ0) is 14.4. The van der Waals surface area contributed by atoms with E-state index in [9.17, 15) is 9.90 Å². The monoisotopic (exact) mass is 265 g/mol. The number of carbonyl (C=O) groups is 1. The van der Waals surface area contributed by atoms with E-state index in [0.29, 0.717) is 6.42 Å². The number of aliphatic hydroxyl groups is 1. The molecule has 2 N–H and O–H groups in total. The minimum Gasteiger partial charge on any atom is -0.483 e. The largest absolute Gasteiger partial charge is 0.483 e. The normalized spacial score (nSPS) is 13.7. The van der Waals surface area contributed by atoms with Gasteiger partial charge in [0.15, 0.2) is 6.61 Å². The Hall–Kier alpha value is -1.55. The topological polar surface area (TPSA) is 58.6 Å². The third-order valence-corrected chi connectivity index (χ3v) is 3.02. The number of hydrogen-bond donors (Lipinski definition) is 2. The van der Waals surface area contributed by atoms with Crippen molar-refractivity contribution in [3.63, 3.8) is 0 Å². The highest BCUT2D eigenvalue weighted by Crippen LogP contribution is 2.20. The van der Waals surface area contributed by atoms with E-state index in [1.165, 1.54) is 0 Å². The number of ether oxygens (including phenoxy) is 1. The molecule has 0 radical (unpaired) electrons. The SMILES string of the molecule is Cc1cccc(OCC(=O)NC(C)CC(C)O)c1C. The van der Waals surface area contributed by atoms with Crippen molar-refractivity contribution in [2.45, 2.75) is 46.3 Å². The molecule has 0 aliphatic carbocycles. The molecule has 4 nitrogen and oxygen atoms in total. The predicted molar refractivity (Wildman–Crippen MR) is 75.3 cm³/mol. The Balaban J connectivity index is 2.44. The Kier molecular flexibility index (Phi) is 5.83. The fraction of sp³-hybridized carbons (Fsp3) is 0.533. The molecule has 2 unspecified atom stereocenters. The second-order valence-corrected chi connectivity index (χ2v) is 5.04. The second-order valence-electron chi connectivity index (χ2n) is 5.04. The standard InChI is InChI=1S/C15H23NO3/c1-10-6-5-7-14(13(10)4)19-9-15(18)16-11(2)8-12(3)17/h5-7,11-12,17H,8-9H2,1-4H3,(H,16,18). The van der Waals surface area contributed by atoms with Crippen molar-refractivity contribution in [3.05, 3.63) is 29.3 Å². The van der Waals surface area contributed by atoms with Crippen LogP contribution in [-0.2, 0) is 4.79 Å². The van der Waals surface area contributed by atoms with Gasteiger partial charge in [-0.25, -0.2) is 0 Å². The summed E-state index contributed by atoms with van der Waals surface area (Å²) in [6.07, 6.45) is 0.116. The number of nitrogens with one attached hydrogen (secondary N) is 1. The lowest BCUT2D eigenvalue weighted by atomic mass is 10.1. The van der Waals surface area contributed by atoms with Gasteiger partial charge in [0.25, 0.3) is 5.91 Å². The lowest BCUT2D eigenvalue weighted by Crippen LogP contribution is -2.37. The Bertz CT molecular complexity index is 429. The Labute approximate surface area is 114 Å². The van der Waals surface area contributed by atoms with Crippen LogP contribution in [-0.4, -0.2) is 29.8 Å². The van der Waals surface area contributed by atoms with Crippen molar-refractivity contribution < 1.29 is 14.6 Å². The van der Waals surface area contributed by atoms with E-state index in [1.54, 1.807) is 6.92 Å². The maximum Gasteiger partial charge on any atom is 0.258 e. The smallest absolute Gasteiger partial charge is 0.258 e. The van der Waals surface area contributed by atoms with Gasteiger partial charge in [-0.05, 0) is 51.3 Å². The lowest BCUT2D eigenvalue weighted by molar-refractivity contribution is -0.123. The highest BCUT2D eigenvalue weighted by molar-refractivity contribution is 5.77. The van der Waals surface area contributed by atoms with Crippen LogP contribution in [0.2, 0.25) is 0 Å². The number of aliphatic hydroxyl groups excluding tert-OH is 1. The molecule has 1 aromatic rings. The number of carbonyl (C=O) groups excluding carboxylic acids is 1. The van der Waals surface area contributed by atoms with Crippen LogP contribution >= 0.6 is 0 Å². The Morgan fingerprint density at radius 3 is 2.68 bits per heavy atom. The zero-order valence-electron chi connectivity index (χ0n) is 12.1. The first-order chi connectivity index (χ1) is 8.90. The average molecular weight is 265 g/mol. The molecule has 2 atom stereocenters. The summed E-state index contributed by atoms with van der Waals surface area (Å²) in [5.74, 6) is 0.562. The van der Waals surface area contributed by atoms with Crippen LogP contribution in [0.4, 0.5) is 0 Å². The van der Waals surface area contributed by atoms with Gasteiger partial charge < -0.3 is 15.2 Å². The van der Waals surface area contributed by atoms with E-state index >= 15 is 0 Å². The van der Waals surface area contributed by atoms with Crippen molar-refractivity contribution in [2.75, 3.05) is 6.61 Å². The van der Waals surface area contributed by atoms with Crippen molar-refractivity contribution >= 4 is 5.91 Å². The molecule has 0 aliphatic rings. The maximum atomic E-state index is 11.7. The summed E-state index contributed by atoms with van der Waals surface area (Å²) < 4.78 is 5.51. The molecule has 0 heterocycles. The first kappa shape index (κ1) is 15.5. The Morgan fingerprint density at radius 1 is 1.37 bits per heavy atom. The molecule has 0 bridgehead atoms. The number of aryl methyl sites for hydroxylation is 1. The van der Waals surface area contributed by atoms with E-state index in [2.05, 4.69) is 5.32 Å².